The predicted octanol–water partition coefficient (Wildman–Crippen LogP) is -0.107. The average molecular weight is 318 g/mol. The number of thioether (sulfide) groups is 1. The number of aryl methyl sites for hydroxylation is 1. The van der Waals surface area contributed by atoms with Crippen molar-refractivity contribution in [3.63, 3.8) is 0 Å². The minimum absolute atomic E-state index is 0.0629. The second-order valence-corrected chi connectivity index (χ2v) is 5.19. The molecule has 0 saturated carbocycles. The van der Waals surface area contributed by atoms with Crippen molar-refractivity contribution in [2.45, 2.75) is 18.1 Å². The van der Waals surface area contributed by atoms with Gasteiger partial charge in [0.15, 0.2) is 0 Å². The molecule has 0 saturated heterocycles. The first-order chi connectivity index (χ1) is 9.95. The largest absolute Gasteiger partial charge is 0.478 e. The molecule has 0 aliphatic rings. The molecule has 0 spiro atoms. The molecular weight excluding hydrogens is 300 g/mol. The zero-order valence-electron chi connectivity index (χ0n) is 11.8. The Morgan fingerprint density at radius 3 is 2.81 bits per heavy atom. The lowest BCUT2D eigenvalue weighted by atomic mass is 10.2. The van der Waals surface area contributed by atoms with Crippen LogP contribution < -0.4 is 5.69 Å². The Kier molecular flexibility index (Phi) is 7.37. The number of H-pyrrole nitrogens is 1. The fourth-order valence-corrected chi connectivity index (χ4v) is 2.48. The lowest BCUT2D eigenvalue weighted by molar-refractivity contribution is 0.0218. The Hall–Kier alpha value is -1.42. The predicted molar refractivity (Wildman–Crippen MR) is 76.0 cm³/mol. The number of carbonyl (C=O) groups is 1. The number of nitrogens with zero attached hydrogens (tertiary/aromatic N) is 1. The average Bonchev–Trinajstić information content (AvgIpc) is 2.40. The Bertz CT molecular complexity index is 533. The van der Waals surface area contributed by atoms with Crippen molar-refractivity contribution in [2.24, 2.45) is 0 Å². The summed E-state index contributed by atoms with van der Waals surface area (Å²) in [5.41, 5.74) is -0.450. The molecule has 8 nitrogen and oxygen atoms in total. The third-order valence-corrected chi connectivity index (χ3v) is 3.58. The third-order valence-electron chi connectivity index (χ3n) is 2.45. The van der Waals surface area contributed by atoms with Gasteiger partial charge in [0.1, 0.15) is 10.6 Å². The quantitative estimate of drug-likeness (QED) is 0.327. The molecule has 1 heterocycles. The van der Waals surface area contributed by atoms with Crippen LogP contribution in [-0.4, -0.2) is 64.9 Å². The zero-order chi connectivity index (χ0) is 15.8. The highest BCUT2D eigenvalue weighted by Gasteiger charge is 2.18. The van der Waals surface area contributed by atoms with Crippen molar-refractivity contribution < 1.29 is 24.5 Å². The van der Waals surface area contributed by atoms with Gasteiger partial charge in [-0.25, -0.2) is 9.59 Å². The number of aromatic nitrogens is 2. The Morgan fingerprint density at radius 1 is 1.48 bits per heavy atom. The SMILES string of the molecule is COCCOCC(O)CSc1nc(=O)[nH]c(C)c1C(=O)O. The van der Waals surface area contributed by atoms with Gasteiger partial charge in [0, 0.05) is 18.6 Å². The monoisotopic (exact) mass is 318 g/mol. The minimum Gasteiger partial charge on any atom is -0.478 e. The van der Waals surface area contributed by atoms with Crippen molar-refractivity contribution in [1.82, 2.24) is 9.97 Å². The number of carboxylic acid groups (broad SMARTS) is 1. The number of carboxylic acids is 1. The van der Waals surface area contributed by atoms with E-state index in [9.17, 15) is 14.7 Å². The van der Waals surface area contributed by atoms with Gasteiger partial charge in [-0.2, -0.15) is 4.98 Å². The number of methoxy groups -OCH3 is 1. The van der Waals surface area contributed by atoms with Gasteiger partial charge in [-0.05, 0) is 6.92 Å². The molecular formula is C12H18N2O6S. The van der Waals surface area contributed by atoms with Crippen LogP contribution in [0.25, 0.3) is 0 Å². The van der Waals surface area contributed by atoms with E-state index in [0.717, 1.165) is 11.8 Å². The van der Waals surface area contributed by atoms with E-state index in [4.69, 9.17) is 14.6 Å². The van der Waals surface area contributed by atoms with E-state index < -0.39 is 17.8 Å². The second-order valence-electron chi connectivity index (χ2n) is 4.18. The summed E-state index contributed by atoms with van der Waals surface area (Å²) in [6.07, 6.45) is -0.796. The number of aliphatic hydroxyl groups excluding tert-OH is 1. The lowest BCUT2D eigenvalue weighted by Crippen LogP contribution is -2.22. The van der Waals surface area contributed by atoms with Gasteiger partial charge < -0.3 is 24.7 Å². The fraction of sp³-hybridized carbons (Fsp3) is 0.583. The van der Waals surface area contributed by atoms with E-state index in [1.165, 1.54) is 6.92 Å². The second kappa shape index (κ2) is 8.78. The molecule has 0 aromatic carbocycles. The van der Waals surface area contributed by atoms with Crippen LogP contribution in [0, 0.1) is 6.92 Å². The highest BCUT2D eigenvalue weighted by Crippen LogP contribution is 2.21. The fourth-order valence-electron chi connectivity index (χ4n) is 1.50. The number of aromatic amines is 1. The summed E-state index contributed by atoms with van der Waals surface area (Å²) in [7, 11) is 1.55. The number of hydrogen-bond donors (Lipinski definition) is 3. The minimum atomic E-state index is -1.18. The van der Waals surface area contributed by atoms with Crippen LogP contribution in [0.1, 0.15) is 16.1 Å². The van der Waals surface area contributed by atoms with Crippen LogP contribution in [0.2, 0.25) is 0 Å². The van der Waals surface area contributed by atoms with Gasteiger partial charge >= 0.3 is 11.7 Å². The molecule has 1 rings (SSSR count). The molecule has 1 unspecified atom stereocenters. The number of ether oxygens (including phenoxy) is 2. The maximum atomic E-state index is 11.3. The van der Waals surface area contributed by atoms with Crippen molar-refractivity contribution in [2.75, 3.05) is 32.7 Å². The van der Waals surface area contributed by atoms with Crippen molar-refractivity contribution in [3.8, 4) is 0 Å². The van der Waals surface area contributed by atoms with Crippen LogP contribution >= 0.6 is 11.8 Å². The van der Waals surface area contributed by atoms with Gasteiger partial charge in [0.25, 0.3) is 0 Å². The highest BCUT2D eigenvalue weighted by atomic mass is 32.2. The topological polar surface area (TPSA) is 122 Å². The maximum Gasteiger partial charge on any atom is 0.346 e. The summed E-state index contributed by atoms with van der Waals surface area (Å²) in [6.45, 7) is 2.38. The van der Waals surface area contributed by atoms with E-state index in [1.54, 1.807) is 7.11 Å². The first kappa shape index (κ1) is 17.6. The number of aliphatic hydroxyl groups is 1. The van der Waals surface area contributed by atoms with Gasteiger partial charge in [-0.1, -0.05) is 0 Å². The molecule has 9 heteroatoms. The van der Waals surface area contributed by atoms with Crippen molar-refractivity contribution in [3.05, 3.63) is 21.7 Å². The van der Waals surface area contributed by atoms with Crippen LogP contribution in [0.15, 0.2) is 9.82 Å². The summed E-state index contributed by atoms with van der Waals surface area (Å²) in [5.74, 6) is -1.01. The summed E-state index contributed by atoms with van der Waals surface area (Å²) in [4.78, 5) is 28.4. The highest BCUT2D eigenvalue weighted by molar-refractivity contribution is 7.99. The standard InChI is InChI=1S/C12H18N2O6S/c1-7-9(11(16)17)10(14-12(18)13-7)21-6-8(15)5-20-4-3-19-2/h8,15H,3-6H2,1-2H3,(H,16,17)(H,13,14,18). The number of nitrogens with one attached hydrogen (secondary N) is 1. The first-order valence-corrected chi connectivity index (χ1v) is 7.16. The van der Waals surface area contributed by atoms with Gasteiger partial charge in [0.2, 0.25) is 0 Å². The van der Waals surface area contributed by atoms with E-state index in [-0.39, 0.29) is 28.6 Å². The number of hydrogen-bond acceptors (Lipinski definition) is 7. The van der Waals surface area contributed by atoms with Crippen molar-refractivity contribution in [1.29, 1.82) is 0 Å². The molecule has 0 aliphatic heterocycles. The molecule has 1 aromatic rings. The molecule has 1 atom stereocenters. The maximum absolute atomic E-state index is 11.3. The van der Waals surface area contributed by atoms with Crippen LogP contribution in [0.5, 0.6) is 0 Å². The molecule has 3 N–H and O–H groups in total. The molecule has 0 aliphatic carbocycles. The molecule has 0 bridgehead atoms. The number of aromatic carboxylic acids is 1. The lowest BCUT2D eigenvalue weighted by Gasteiger charge is -2.12. The summed E-state index contributed by atoms with van der Waals surface area (Å²) in [6, 6.07) is 0. The van der Waals surface area contributed by atoms with Gasteiger partial charge in [-0.3, -0.25) is 0 Å². The third kappa shape index (κ3) is 5.84. The van der Waals surface area contributed by atoms with E-state index in [2.05, 4.69) is 9.97 Å². The van der Waals surface area contributed by atoms with Crippen LogP contribution in [-0.2, 0) is 9.47 Å². The molecule has 118 valence electrons. The van der Waals surface area contributed by atoms with Crippen molar-refractivity contribution >= 4 is 17.7 Å². The summed E-state index contributed by atoms with van der Waals surface area (Å²) >= 11 is 1.00. The normalized spacial score (nSPS) is 12.3. The molecule has 1 aromatic heterocycles. The number of rotatable bonds is 9. The van der Waals surface area contributed by atoms with E-state index in [1.807, 2.05) is 0 Å². The van der Waals surface area contributed by atoms with Gasteiger partial charge in [-0.15, -0.1) is 11.8 Å². The summed E-state index contributed by atoms with van der Waals surface area (Å²) < 4.78 is 9.95. The summed E-state index contributed by atoms with van der Waals surface area (Å²) in [5, 5.41) is 18.9. The van der Waals surface area contributed by atoms with Crippen LogP contribution in [0.3, 0.4) is 0 Å². The molecule has 0 radical (unpaired) electrons. The Morgan fingerprint density at radius 2 is 2.19 bits per heavy atom. The van der Waals surface area contributed by atoms with Gasteiger partial charge in [0.05, 0.1) is 25.9 Å². The van der Waals surface area contributed by atoms with Crippen LogP contribution in [0.4, 0.5) is 0 Å². The molecule has 0 amide bonds. The molecule has 0 fully saturated rings. The zero-order valence-corrected chi connectivity index (χ0v) is 12.6. The van der Waals surface area contributed by atoms with E-state index >= 15 is 0 Å². The Labute approximate surface area is 125 Å². The smallest absolute Gasteiger partial charge is 0.346 e. The Balaban J connectivity index is 2.62. The molecule has 21 heavy (non-hydrogen) atoms. The first-order valence-electron chi connectivity index (χ1n) is 6.17. The van der Waals surface area contributed by atoms with E-state index in [0.29, 0.717) is 13.2 Å².